The van der Waals surface area contributed by atoms with Crippen LogP contribution in [-0.2, 0) is 17.8 Å². The van der Waals surface area contributed by atoms with Gasteiger partial charge < -0.3 is 10.1 Å². The zero-order chi connectivity index (χ0) is 24.8. The first-order chi connectivity index (χ1) is 17.0. The lowest BCUT2D eigenvalue weighted by Gasteiger charge is -2.12. The first kappa shape index (κ1) is 25.2. The Labute approximate surface area is 232 Å². The molecule has 0 spiro atoms. The van der Waals surface area contributed by atoms with E-state index < -0.39 is 5.91 Å². The van der Waals surface area contributed by atoms with Crippen LogP contribution in [0.4, 0.5) is 5.69 Å². The van der Waals surface area contributed by atoms with E-state index in [2.05, 4.69) is 87.8 Å². The molecule has 0 atom stereocenters. The van der Waals surface area contributed by atoms with Gasteiger partial charge in [-0.2, -0.15) is 5.26 Å². The molecule has 0 fully saturated rings. The highest BCUT2D eigenvalue weighted by molar-refractivity contribution is 14.1. The zero-order valence-electron chi connectivity index (χ0n) is 19.0. The Morgan fingerprint density at radius 3 is 2.26 bits per heavy atom. The Hall–Kier alpha value is -2.90. The maximum absolute atomic E-state index is 12.7. The van der Waals surface area contributed by atoms with Gasteiger partial charge in [-0.1, -0.05) is 55.5 Å². The fourth-order valence-electron chi connectivity index (χ4n) is 3.62. The Morgan fingerprint density at radius 2 is 1.60 bits per heavy atom. The molecule has 0 aromatic heterocycles. The fraction of sp³-hybridized carbons (Fsp3) is 0.103. The van der Waals surface area contributed by atoms with Crippen molar-refractivity contribution >= 4 is 73.6 Å². The molecule has 0 bridgehead atoms. The molecule has 0 saturated carbocycles. The predicted octanol–water partition coefficient (Wildman–Crippen LogP) is 7.74. The van der Waals surface area contributed by atoms with Gasteiger partial charge in [0.15, 0.2) is 0 Å². The van der Waals surface area contributed by atoms with Gasteiger partial charge >= 0.3 is 0 Å². The van der Waals surface area contributed by atoms with E-state index in [0.717, 1.165) is 30.4 Å². The summed E-state index contributed by atoms with van der Waals surface area (Å²) in [4.78, 5) is 12.7. The maximum atomic E-state index is 12.7. The van der Waals surface area contributed by atoms with Gasteiger partial charge in [-0.15, -0.1) is 0 Å². The summed E-state index contributed by atoms with van der Waals surface area (Å²) in [5, 5.41) is 14.8. The monoisotopic (exact) mass is 684 g/mol. The number of carbonyl (C=O) groups excluding carboxylic acids is 1. The van der Waals surface area contributed by atoms with Gasteiger partial charge in [0.1, 0.15) is 24.0 Å². The molecule has 4 aromatic carbocycles. The van der Waals surface area contributed by atoms with Gasteiger partial charge in [-0.05, 0) is 115 Å². The van der Waals surface area contributed by atoms with Crippen molar-refractivity contribution in [2.45, 2.75) is 20.0 Å². The summed E-state index contributed by atoms with van der Waals surface area (Å²) in [6, 6.07) is 28.0. The second kappa shape index (κ2) is 11.7. The number of fused-ring (bicyclic) bond motifs is 1. The van der Waals surface area contributed by atoms with Gasteiger partial charge in [0.25, 0.3) is 5.91 Å². The number of benzene rings is 4. The summed E-state index contributed by atoms with van der Waals surface area (Å²) in [6.07, 6.45) is 2.53. The number of halogens is 2. The quantitative estimate of drug-likeness (QED) is 0.123. The van der Waals surface area contributed by atoms with Crippen LogP contribution in [0.5, 0.6) is 5.75 Å². The Bertz CT molecular complexity index is 1430. The van der Waals surface area contributed by atoms with E-state index in [0.29, 0.717) is 12.3 Å². The number of ether oxygens (including phenoxy) is 1. The molecular formula is C29H22I2N2O2. The molecule has 0 heterocycles. The first-order valence-corrected chi connectivity index (χ1v) is 13.2. The number of anilines is 1. The predicted molar refractivity (Wildman–Crippen MR) is 158 cm³/mol. The number of amides is 1. The Kier molecular flexibility index (Phi) is 8.42. The number of carbonyl (C=O) groups is 1. The summed E-state index contributed by atoms with van der Waals surface area (Å²) in [7, 11) is 0. The normalized spacial score (nSPS) is 11.2. The van der Waals surface area contributed by atoms with Gasteiger partial charge in [0.05, 0.1) is 7.14 Å². The van der Waals surface area contributed by atoms with Crippen LogP contribution in [0.3, 0.4) is 0 Å². The molecule has 0 aliphatic carbocycles. The van der Waals surface area contributed by atoms with E-state index in [1.54, 1.807) is 6.08 Å². The number of nitrogens with one attached hydrogen (secondary N) is 1. The van der Waals surface area contributed by atoms with Crippen molar-refractivity contribution in [3.63, 3.8) is 0 Å². The van der Waals surface area contributed by atoms with Crippen molar-refractivity contribution in [2.24, 2.45) is 0 Å². The van der Waals surface area contributed by atoms with Gasteiger partial charge in [-0.3, -0.25) is 4.79 Å². The van der Waals surface area contributed by atoms with E-state index in [1.165, 1.54) is 16.3 Å². The molecule has 174 valence electrons. The number of hydrogen-bond acceptors (Lipinski definition) is 3. The van der Waals surface area contributed by atoms with Crippen molar-refractivity contribution in [3.05, 3.63) is 108 Å². The van der Waals surface area contributed by atoms with Gasteiger partial charge in [0, 0.05) is 5.69 Å². The van der Waals surface area contributed by atoms with Crippen LogP contribution >= 0.6 is 45.2 Å². The van der Waals surface area contributed by atoms with Gasteiger partial charge in [0.2, 0.25) is 0 Å². The van der Waals surface area contributed by atoms with E-state index in [9.17, 15) is 10.1 Å². The standard InChI is InChI=1S/C29H22I2N2O2/c1-2-19-8-11-25(12-9-19)33-29(34)24(17-32)14-21-15-26(30)28(27(31)16-21)35-18-20-7-10-22-5-3-4-6-23(22)13-20/h3-16H,2,18H2,1H3,(H,33,34)/b24-14+. The van der Waals surface area contributed by atoms with Crippen LogP contribution in [0.25, 0.3) is 16.8 Å². The highest BCUT2D eigenvalue weighted by Gasteiger charge is 2.13. The minimum absolute atomic E-state index is 0.0426. The lowest BCUT2D eigenvalue weighted by molar-refractivity contribution is -0.112. The third kappa shape index (κ3) is 6.41. The average Bonchev–Trinajstić information content (AvgIpc) is 2.87. The lowest BCUT2D eigenvalue weighted by Crippen LogP contribution is -2.13. The first-order valence-electron chi connectivity index (χ1n) is 11.1. The zero-order valence-corrected chi connectivity index (χ0v) is 23.3. The average molecular weight is 684 g/mol. The lowest BCUT2D eigenvalue weighted by atomic mass is 10.1. The van der Waals surface area contributed by atoms with Gasteiger partial charge in [-0.25, -0.2) is 0 Å². The Balaban J connectivity index is 1.48. The summed E-state index contributed by atoms with van der Waals surface area (Å²) in [6.45, 7) is 2.53. The molecule has 35 heavy (non-hydrogen) atoms. The minimum atomic E-state index is -0.432. The summed E-state index contributed by atoms with van der Waals surface area (Å²) in [5.74, 6) is 0.355. The van der Waals surface area contributed by atoms with Crippen LogP contribution in [0.2, 0.25) is 0 Å². The molecule has 4 nitrogen and oxygen atoms in total. The Morgan fingerprint density at radius 1 is 0.943 bits per heavy atom. The van der Waals surface area contributed by atoms with Crippen LogP contribution < -0.4 is 10.1 Å². The number of rotatable bonds is 7. The molecule has 1 amide bonds. The minimum Gasteiger partial charge on any atom is -0.487 e. The molecule has 4 rings (SSSR count). The molecule has 6 heteroatoms. The van der Waals surface area contributed by atoms with Crippen molar-refractivity contribution in [1.82, 2.24) is 0 Å². The summed E-state index contributed by atoms with van der Waals surface area (Å²) >= 11 is 4.45. The highest BCUT2D eigenvalue weighted by Crippen LogP contribution is 2.31. The topological polar surface area (TPSA) is 62.1 Å². The molecule has 4 aromatic rings. The SMILES string of the molecule is CCc1ccc(NC(=O)/C(C#N)=C/c2cc(I)c(OCc3ccc4ccccc4c3)c(I)c2)cc1. The third-order valence-corrected chi connectivity index (χ3v) is 7.12. The van der Waals surface area contributed by atoms with E-state index in [1.807, 2.05) is 54.6 Å². The molecule has 0 radical (unpaired) electrons. The van der Waals surface area contributed by atoms with E-state index in [4.69, 9.17) is 4.74 Å². The highest BCUT2D eigenvalue weighted by atomic mass is 127. The second-order valence-electron chi connectivity index (χ2n) is 7.96. The van der Waals surface area contributed by atoms with Crippen molar-refractivity contribution < 1.29 is 9.53 Å². The van der Waals surface area contributed by atoms with Crippen LogP contribution in [0.1, 0.15) is 23.6 Å². The van der Waals surface area contributed by atoms with Crippen molar-refractivity contribution in [1.29, 1.82) is 5.26 Å². The van der Waals surface area contributed by atoms with E-state index in [-0.39, 0.29) is 5.57 Å². The largest absolute Gasteiger partial charge is 0.487 e. The van der Waals surface area contributed by atoms with Crippen LogP contribution in [-0.4, -0.2) is 5.91 Å². The molecule has 0 saturated heterocycles. The number of nitrogens with zero attached hydrogens (tertiary/aromatic N) is 1. The number of hydrogen-bond donors (Lipinski definition) is 1. The molecule has 0 aliphatic rings. The second-order valence-corrected chi connectivity index (χ2v) is 10.3. The molecular weight excluding hydrogens is 662 g/mol. The molecule has 0 unspecified atom stereocenters. The van der Waals surface area contributed by atoms with Crippen molar-refractivity contribution in [2.75, 3.05) is 5.32 Å². The summed E-state index contributed by atoms with van der Waals surface area (Å²) in [5.41, 5.74) is 3.75. The number of aryl methyl sites for hydroxylation is 1. The summed E-state index contributed by atoms with van der Waals surface area (Å²) < 4.78 is 7.98. The van der Waals surface area contributed by atoms with E-state index >= 15 is 0 Å². The molecule has 1 N–H and O–H groups in total. The van der Waals surface area contributed by atoms with Crippen LogP contribution in [0.15, 0.2) is 84.4 Å². The fourth-order valence-corrected chi connectivity index (χ4v) is 5.75. The van der Waals surface area contributed by atoms with Crippen molar-refractivity contribution in [3.8, 4) is 11.8 Å². The van der Waals surface area contributed by atoms with Crippen LogP contribution in [0, 0.1) is 18.5 Å². The maximum Gasteiger partial charge on any atom is 0.266 e. The smallest absolute Gasteiger partial charge is 0.266 e. The molecule has 0 aliphatic heterocycles. The number of nitriles is 1. The third-order valence-electron chi connectivity index (χ3n) is 5.51.